The summed E-state index contributed by atoms with van der Waals surface area (Å²) in [5.74, 6) is -0.468. The average molecular weight is 290 g/mol. The standard InChI is InChI=1S/C14H18N4O3/c1-2-10-3-5-11(6-4-10)18-16-12(9-20)13(17-18)14(21)15-7-8-19/h3-6,19-20H,2,7-9H2,1H3,(H,15,21). The van der Waals surface area contributed by atoms with E-state index in [9.17, 15) is 9.90 Å². The number of benzene rings is 1. The number of aliphatic hydroxyl groups is 2. The summed E-state index contributed by atoms with van der Waals surface area (Å²) in [5, 5.41) is 28.7. The van der Waals surface area contributed by atoms with Crippen molar-refractivity contribution >= 4 is 5.91 Å². The summed E-state index contributed by atoms with van der Waals surface area (Å²) in [6.07, 6.45) is 0.934. The Morgan fingerprint density at radius 2 is 1.95 bits per heavy atom. The fourth-order valence-corrected chi connectivity index (χ4v) is 1.85. The number of nitrogens with zero attached hydrogens (tertiary/aromatic N) is 3. The normalized spacial score (nSPS) is 10.6. The Hall–Kier alpha value is -2.25. The molecule has 0 saturated heterocycles. The highest BCUT2D eigenvalue weighted by Gasteiger charge is 2.18. The van der Waals surface area contributed by atoms with Gasteiger partial charge in [0.05, 0.1) is 18.9 Å². The predicted octanol–water partition coefficient (Wildman–Crippen LogP) is 0.0441. The maximum atomic E-state index is 11.9. The summed E-state index contributed by atoms with van der Waals surface area (Å²) in [7, 11) is 0. The Bertz CT molecular complexity index is 607. The van der Waals surface area contributed by atoms with Crippen LogP contribution in [0.3, 0.4) is 0 Å². The van der Waals surface area contributed by atoms with Crippen molar-refractivity contribution in [1.82, 2.24) is 20.3 Å². The molecule has 3 N–H and O–H groups in total. The Labute approximate surface area is 122 Å². The minimum absolute atomic E-state index is 0.0607. The van der Waals surface area contributed by atoms with Gasteiger partial charge < -0.3 is 15.5 Å². The van der Waals surface area contributed by atoms with Gasteiger partial charge in [-0.05, 0) is 24.1 Å². The SMILES string of the molecule is CCc1ccc(-n2nc(CO)c(C(=O)NCCO)n2)cc1. The van der Waals surface area contributed by atoms with Crippen LogP contribution < -0.4 is 5.32 Å². The molecule has 21 heavy (non-hydrogen) atoms. The third kappa shape index (κ3) is 3.45. The van der Waals surface area contributed by atoms with Gasteiger partial charge in [-0.15, -0.1) is 10.2 Å². The number of hydrogen-bond acceptors (Lipinski definition) is 5. The fourth-order valence-electron chi connectivity index (χ4n) is 1.85. The van der Waals surface area contributed by atoms with Crippen LogP contribution in [-0.2, 0) is 13.0 Å². The smallest absolute Gasteiger partial charge is 0.273 e. The quantitative estimate of drug-likeness (QED) is 0.697. The number of amides is 1. The molecule has 0 aliphatic heterocycles. The van der Waals surface area contributed by atoms with Crippen molar-refractivity contribution in [3.63, 3.8) is 0 Å². The number of hydrogen-bond donors (Lipinski definition) is 3. The van der Waals surface area contributed by atoms with E-state index in [1.807, 2.05) is 24.3 Å². The van der Waals surface area contributed by atoms with E-state index < -0.39 is 5.91 Å². The highest BCUT2D eigenvalue weighted by atomic mass is 16.3. The first-order chi connectivity index (χ1) is 10.2. The molecule has 7 nitrogen and oxygen atoms in total. The van der Waals surface area contributed by atoms with E-state index in [2.05, 4.69) is 22.4 Å². The van der Waals surface area contributed by atoms with Gasteiger partial charge >= 0.3 is 0 Å². The van der Waals surface area contributed by atoms with E-state index in [4.69, 9.17) is 5.11 Å². The first-order valence-electron chi connectivity index (χ1n) is 6.75. The first kappa shape index (κ1) is 15.1. The van der Waals surface area contributed by atoms with E-state index >= 15 is 0 Å². The van der Waals surface area contributed by atoms with Crippen molar-refractivity contribution in [2.75, 3.05) is 13.2 Å². The number of carbonyl (C=O) groups is 1. The minimum Gasteiger partial charge on any atom is -0.395 e. The van der Waals surface area contributed by atoms with Gasteiger partial charge in [0, 0.05) is 6.54 Å². The second-order valence-corrected chi connectivity index (χ2v) is 4.44. The van der Waals surface area contributed by atoms with Gasteiger partial charge in [0.25, 0.3) is 5.91 Å². The second-order valence-electron chi connectivity index (χ2n) is 4.44. The van der Waals surface area contributed by atoms with Gasteiger partial charge in [0.2, 0.25) is 0 Å². The summed E-state index contributed by atoms with van der Waals surface area (Å²) < 4.78 is 0. The minimum atomic E-state index is -0.468. The largest absolute Gasteiger partial charge is 0.395 e. The number of rotatable bonds is 6. The first-order valence-corrected chi connectivity index (χ1v) is 6.75. The van der Waals surface area contributed by atoms with E-state index in [1.54, 1.807) is 0 Å². The third-order valence-electron chi connectivity index (χ3n) is 3.02. The number of aromatic nitrogens is 3. The number of carbonyl (C=O) groups excluding carboxylic acids is 1. The van der Waals surface area contributed by atoms with Gasteiger partial charge in [0.15, 0.2) is 5.69 Å². The molecule has 0 aliphatic rings. The molecule has 1 aromatic heterocycles. The number of aliphatic hydroxyl groups excluding tert-OH is 2. The summed E-state index contributed by atoms with van der Waals surface area (Å²) in [5.41, 5.74) is 2.16. The van der Waals surface area contributed by atoms with Crippen LogP contribution in [0.4, 0.5) is 0 Å². The van der Waals surface area contributed by atoms with E-state index in [-0.39, 0.29) is 31.1 Å². The zero-order chi connectivity index (χ0) is 15.2. The lowest BCUT2D eigenvalue weighted by molar-refractivity contribution is 0.0936. The van der Waals surface area contributed by atoms with Crippen molar-refractivity contribution in [3.05, 3.63) is 41.2 Å². The molecule has 112 valence electrons. The topological polar surface area (TPSA) is 100 Å². The Kier molecular flexibility index (Phi) is 5.02. The van der Waals surface area contributed by atoms with Gasteiger partial charge in [-0.2, -0.15) is 4.80 Å². The van der Waals surface area contributed by atoms with Crippen molar-refractivity contribution < 1.29 is 15.0 Å². The van der Waals surface area contributed by atoms with Crippen molar-refractivity contribution in [2.24, 2.45) is 0 Å². The maximum Gasteiger partial charge on any atom is 0.273 e. The monoisotopic (exact) mass is 290 g/mol. The van der Waals surface area contributed by atoms with E-state index in [0.29, 0.717) is 5.69 Å². The van der Waals surface area contributed by atoms with Gasteiger partial charge in [-0.1, -0.05) is 19.1 Å². The Balaban J connectivity index is 2.28. The van der Waals surface area contributed by atoms with E-state index in [0.717, 1.165) is 6.42 Å². The molecule has 0 fully saturated rings. The predicted molar refractivity (Wildman–Crippen MR) is 76.1 cm³/mol. The molecule has 1 amide bonds. The molecular formula is C14H18N4O3. The van der Waals surface area contributed by atoms with Crippen molar-refractivity contribution in [2.45, 2.75) is 20.0 Å². The summed E-state index contributed by atoms with van der Waals surface area (Å²) in [6, 6.07) is 7.64. The van der Waals surface area contributed by atoms with Crippen LogP contribution in [0.25, 0.3) is 5.69 Å². The molecule has 0 spiro atoms. The van der Waals surface area contributed by atoms with Gasteiger partial charge in [0.1, 0.15) is 5.69 Å². The highest BCUT2D eigenvalue weighted by molar-refractivity contribution is 5.93. The van der Waals surface area contributed by atoms with Crippen LogP contribution >= 0.6 is 0 Å². The van der Waals surface area contributed by atoms with Crippen LogP contribution in [-0.4, -0.2) is 44.3 Å². The molecule has 0 bridgehead atoms. The van der Waals surface area contributed by atoms with Gasteiger partial charge in [-0.3, -0.25) is 4.79 Å². The molecule has 1 aromatic carbocycles. The van der Waals surface area contributed by atoms with Gasteiger partial charge in [-0.25, -0.2) is 0 Å². The number of aryl methyl sites for hydroxylation is 1. The van der Waals surface area contributed by atoms with Crippen LogP contribution in [0.2, 0.25) is 0 Å². The van der Waals surface area contributed by atoms with E-state index in [1.165, 1.54) is 10.4 Å². The number of nitrogens with one attached hydrogen (secondary N) is 1. The lowest BCUT2D eigenvalue weighted by atomic mass is 10.2. The molecule has 2 aromatic rings. The molecule has 0 radical (unpaired) electrons. The molecule has 0 saturated carbocycles. The zero-order valence-corrected chi connectivity index (χ0v) is 11.8. The lowest BCUT2D eigenvalue weighted by Crippen LogP contribution is -2.27. The zero-order valence-electron chi connectivity index (χ0n) is 11.8. The molecule has 2 rings (SSSR count). The molecule has 0 unspecified atom stereocenters. The Morgan fingerprint density at radius 1 is 1.24 bits per heavy atom. The van der Waals surface area contributed by atoms with Crippen molar-refractivity contribution in [3.8, 4) is 5.69 Å². The molecule has 0 atom stereocenters. The van der Waals surface area contributed by atoms with Crippen LogP contribution in [0, 0.1) is 0 Å². The highest BCUT2D eigenvalue weighted by Crippen LogP contribution is 2.11. The molecule has 1 heterocycles. The second kappa shape index (κ2) is 6.96. The third-order valence-corrected chi connectivity index (χ3v) is 3.02. The maximum absolute atomic E-state index is 11.9. The summed E-state index contributed by atoms with van der Waals surface area (Å²) >= 11 is 0. The summed E-state index contributed by atoms with van der Waals surface area (Å²) in [4.78, 5) is 13.2. The fraction of sp³-hybridized carbons (Fsp3) is 0.357. The van der Waals surface area contributed by atoms with Crippen LogP contribution in [0.1, 0.15) is 28.7 Å². The van der Waals surface area contributed by atoms with Crippen LogP contribution in [0.15, 0.2) is 24.3 Å². The average Bonchev–Trinajstić information content (AvgIpc) is 2.97. The Morgan fingerprint density at radius 3 is 2.52 bits per heavy atom. The molecule has 0 aliphatic carbocycles. The van der Waals surface area contributed by atoms with Crippen molar-refractivity contribution in [1.29, 1.82) is 0 Å². The van der Waals surface area contributed by atoms with Crippen LogP contribution in [0.5, 0.6) is 0 Å². The molecular weight excluding hydrogens is 272 g/mol. The summed E-state index contributed by atoms with van der Waals surface area (Å²) in [6.45, 7) is 1.65. The molecule has 7 heteroatoms. The lowest BCUT2D eigenvalue weighted by Gasteiger charge is -2.01.